The maximum Gasteiger partial charge on any atom is 0.336 e. The van der Waals surface area contributed by atoms with Crippen molar-refractivity contribution in [3.05, 3.63) is 75.7 Å². The Bertz CT molecular complexity index is 1070. The van der Waals surface area contributed by atoms with Crippen molar-refractivity contribution in [3.8, 4) is 5.75 Å². The molecule has 2 aliphatic rings. The van der Waals surface area contributed by atoms with E-state index in [0.717, 1.165) is 30.6 Å². The lowest BCUT2D eigenvalue weighted by Gasteiger charge is -2.18. The summed E-state index contributed by atoms with van der Waals surface area (Å²) in [5.74, 6) is -0.167. The number of halogens is 1. The number of carbonyl (C=O) groups excluding carboxylic acids is 2. The van der Waals surface area contributed by atoms with Gasteiger partial charge in [-0.25, -0.2) is 4.79 Å². The second kappa shape index (κ2) is 10.4. The van der Waals surface area contributed by atoms with Crippen LogP contribution >= 0.6 is 35.6 Å². The molecule has 164 valence electrons. The third kappa shape index (κ3) is 5.86. The fourth-order valence-corrected chi connectivity index (χ4v) is 4.72. The van der Waals surface area contributed by atoms with Crippen LogP contribution in [-0.2, 0) is 14.3 Å². The van der Waals surface area contributed by atoms with E-state index in [2.05, 4.69) is 0 Å². The van der Waals surface area contributed by atoms with Gasteiger partial charge in [-0.15, -0.1) is 0 Å². The molecule has 2 fully saturated rings. The topological polar surface area (TPSA) is 55.8 Å². The zero-order chi connectivity index (χ0) is 22.5. The first-order valence-corrected chi connectivity index (χ1v) is 11.7. The van der Waals surface area contributed by atoms with Gasteiger partial charge in [0.05, 0.1) is 17.6 Å². The van der Waals surface area contributed by atoms with Crippen molar-refractivity contribution in [2.45, 2.75) is 18.9 Å². The van der Waals surface area contributed by atoms with Crippen LogP contribution in [0.1, 0.15) is 24.0 Å². The van der Waals surface area contributed by atoms with Crippen LogP contribution < -0.4 is 4.74 Å². The minimum absolute atomic E-state index is 0.0551. The summed E-state index contributed by atoms with van der Waals surface area (Å²) in [6, 6.07) is 14.1. The predicted molar refractivity (Wildman–Crippen MR) is 131 cm³/mol. The van der Waals surface area contributed by atoms with Crippen molar-refractivity contribution in [1.82, 2.24) is 4.90 Å². The second-order valence-electron chi connectivity index (χ2n) is 7.30. The molecule has 0 bridgehead atoms. The summed E-state index contributed by atoms with van der Waals surface area (Å²) in [4.78, 5) is 27.0. The van der Waals surface area contributed by atoms with Crippen molar-refractivity contribution >= 4 is 63.9 Å². The van der Waals surface area contributed by atoms with E-state index in [1.54, 1.807) is 53.5 Å². The largest absolute Gasteiger partial charge is 0.423 e. The van der Waals surface area contributed by atoms with Crippen LogP contribution in [0.5, 0.6) is 5.75 Å². The molecule has 0 N–H and O–H groups in total. The maximum absolute atomic E-state index is 12.7. The molecule has 2 aliphatic heterocycles. The average Bonchev–Trinajstić information content (AvgIpc) is 3.39. The first-order chi connectivity index (χ1) is 15.5. The van der Waals surface area contributed by atoms with Crippen LogP contribution in [0.25, 0.3) is 12.2 Å². The van der Waals surface area contributed by atoms with Gasteiger partial charge in [-0.3, -0.25) is 9.69 Å². The summed E-state index contributed by atoms with van der Waals surface area (Å²) in [5, 5.41) is 0.634. The Kier molecular flexibility index (Phi) is 7.42. The average molecular weight is 486 g/mol. The fraction of sp³-hybridized carbons (Fsp3) is 0.208. The van der Waals surface area contributed by atoms with Crippen LogP contribution in [0.15, 0.2) is 59.5 Å². The number of nitrogens with zero attached hydrogens (tertiary/aromatic N) is 1. The summed E-state index contributed by atoms with van der Waals surface area (Å²) in [7, 11) is 0. The number of hydrogen-bond acceptors (Lipinski definition) is 6. The van der Waals surface area contributed by atoms with Gasteiger partial charge >= 0.3 is 5.97 Å². The van der Waals surface area contributed by atoms with Crippen molar-refractivity contribution in [2.75, 3.05) is 13.2 Å². The monoisotopic (exact) mass is 485 g/mol. The molecular weight excluding hydrogens is 466 g/mol. The van der Waals surface area contributed by atoms with E-state index in [1.807, 2.05) is 12.1 Å². The number of hydrogen-bond donors (Lipinski definition) is 0. The van der Waals surface area contributed by atoms with E-state index < -0.39 is 5.97 Å². The van der Waals surface area contributed by atoms with Crippen LogP contribution in [0.3, 0.4) is 0 Å². The summed E-state index contributed by atoms with van der Waals surface area (Å²) < 4.78 is 11.5. The number of rotatable bonds is 6. The SMILES string of the molecule is O=C(/C=C/c1ccc(Cl)cc1)Oc1ccc(/C=C2\SC(=S)N(CC3CCCO3)C2=O)cc1. The molecule has 32 heavy (non-hydrogen) atoms. The second-order valence-corrected chi connectivity index (χ2v) is 9.41. The van der Waals surface area contributed by atoms with Crippen LogP contribution in [0, 0.1) is 0 Å². The van der Waals surface area contributed by atoms with Gasteiger partial charge in [0.2, 0.25) is 0 Å². The molecule has 8 heteroatoms. The number of ether oxygens (including phenoxy) is 2. The summed E-state index contributed by atoms with van der Waals surface area (Å²) in [6.45, 7) is 1.24. The fourth-order valence-electron chi connectivity index (χ4n) is 3.32. The molecule has 0 aliphatic carbocycles. The van der Waals surface area contributed by atoms with Gasteiger partial charge in [0.25, 0.3) is 5.91 Å². The number of thioether (sulfide) groups is 1. The minimum atomic E-state index is -0.484. The van der Waals surface area contributed by atoms with Crippen molar-refractivity contribution in [2.24, 2.45) is 0 Å². The molecule has 4 rings (SSSR count). The van der Waals surface area contributed by atoms with Crippen LogP contribution in [0.4, 0.5) is 0 Å². The third-order valence-electron chi connectivity index (χ3n) is 4.96. The lowest BCUT2D eigenvalue weighted by atomic mass is 10.2. The quantitative estimate of drug-likeness (QED) is 0.238. The van der Waals surface area contributed by atoms with Gasteiger partial charge in [-0.05, 0) is 60.4 Å². The highest BCUT2D eigenvalue weighted by atomic mass is 35.5. The van der Waals surface area contributed by atoms with Gasteiger partial charge in [0, 0.05) is 17.7 Å². The number of esters is 1. The molecule has 0 spiro atoms. The lowest BCUT2D eigenvalue weighted by Crippen LogP contribution is -2.35. The first-order valence-electron chi connectivity index (χ1n) is 10.1. The number of thiocarbonyl (C=S) groups is 1. The molecule has 5 nitrogen and oxygen atoms in total. The Morgan fingerprint density at radius 1 is 1.19 bits per heavy atom. The van der Waals surface area contributed by atoms with Crippen molar-refractivity contribution < 1.29 is 19.1 Å². The van der Waals surface area contributed by atoms with E-state index in [0.29, 0.717) is 26.5 Å². The number of carbonyl (C=O) groups is 2. The standard InChI is InChI=1S/C24H20ClNO4S2/c25-18-8-3-16(4-9-18)7-12-22(27)30-19-10-5-17(6-11-19)14-21-23(28)26(24(31)32-21)15-20-2-1-13-29-20/h3-12,14,20H,1-2,13,15H2/b12-7+,21-14-. The maximum atomic E-state index is 12.7. The lowest BCUT2D eigenvalue weighted by molar-refractivity contribution is -0.129. The number of amides is 1. The highest BCUT2D eigenvalue weighted by Gasteiger charge is 2.34. The van der Waals surface area contributed by atoms with Crippen LogP contribution in [-0.4, -0.2) is 40.4 Å². The Balaban J connectivity index is 1.35. The summed E-state index contributed by atoms with van der Waals surface area (Å²) >= 11 is 12.5. The van der Waals surface area contributed by atoms with Crippen molar-refractivity contribution in [3.63, 3.8) is 0 Å². The molecule has 2 heterocycles. The van der Waals surface area contributed by atoms with Gasteiger partial charge in [0.1, 0.15) is 10.1 Å². The van der Waals surface area contributed by atoms with Crippen LogP contribution in [0.2, 0.25) is 5.02 Å². The normalized spacial score (nSPS) is 20.0. The van der Waals surface area contributed by atoms with E-state index in [9.17, 15) is 9.59 Å². The van der Waals surface area contributed by atoms with E-state index in [-0.39, 0.29) is 12.0 Å². The third-order valence-corrected chi connectivity index (χ3v) is 6.59. The Hall–Kier alpha value is -2.45. The molecule has 0 radical (unpaired) electrons. The zero-order valence-electron chi connectivity index (χ0n) is 17.0. The molecule has 2 aromatic carbocycles. The number of benzene rings is 2. The molecule has 0 saturated carbocycles. The highest BCUT2D eigenvalue weighted by molar-refractivity contribution is 8.26. The molecule has 0 aromatic heterocycles. The van der Waals surface area contributed by atoms with Gasteiger partial charge in [-0.1, -0.05) is 59.8 Å². The minimum Gasteiger partial charge on any atom is -0.423 e. The van der Waals surface area contributed by atoms with Crippen molar-refractivity contribution in [1.29, 1.82) is 0 Å². The van der Waals surface area contributed by atoms with Gasteiger partial charge in [-0.2, -0.15) is 0 Å². The molecule has 1 amide bonds. The molecule has 2 saturated heterocycles. The van der Waals surface area contributed by atoms with E-state index >= 15 is 0 Å². The van der Waals surface area contributed by atoms with E-state index in [4.69, 9.17) is 33.3 Å². The Morgan fingerprint density at radius 3 is 2.59 bits per heavy atom. The zero-order valence-corrected chi connectivity index (χ0v) is 19.4. The molecule has 1 atom stereocenters. The summed E-state index contributed by atoms with van der Waals surface area (Å²) in [6.07, 6.45) is 6.83. The first kappa shape index (κ1) is 22.7. The molecular formula is C24H20ClNO4S2. The Morgan fingerprint density at radius 2 is 1.91 bits per heavy atom. The molecule has 1 unspecified atom stereocenters. The smallest absolute Gasteiger partial charge is 0.336 e. The van der Waals surface area contributed by atoms with Gasteiger partial charge in [0.15, 0.2) is 0 Å². The van der Waals surface area contributed by atoms with E-state index in [1.165, 1.54) is 17.8 Å². The van der Waals surface area contributed by atoms with Gasteiger partial charge < -0.3 is 9.47 Å². The predicted octanol–water partition coefficient (Wildman–Crippen LogP) is 5.34. The summed E-state index contributed by atoms with van der Waals surface area (Å²) in [5.41, 5.74) is 1.66. The Labute approximate surface area is 201 Å². The highest BCUT2D eigenvalue weighted by Crippen LogP contribution is 2.33. The molecule has 2 aromatic rings.